The highest BCUT2D eigenvalue weighted by Crippen LogP contribution is 2.32. The van der Waals surface area contributed by atoms with Gasteiger partial charge >= 0.3 is 0 Å². The Morgan fingerprint density at radius 3 is 2.87 bits per heavy atom. The largest absolute Gasteiger partial charge is 0.376 e. The van der Waals surface area contributed by atoms with Crippen molar-refractivity contribution in [1.29, 1.82) is 0 Å². The minimum absolute atomic E-state index is 0.0185. The molecule has 0 unspecified atom stereocenters. The minimum atomic E-state index is -3.54. The predicted molar refractivity (Wildman–Crippen MR) is 108 cm³/mol. The molecule has 2 aliphatic heterocycles. The predicted octanol–water partition coefficient (Wildman–Crippen LogP) is 1.30. The van der Waals surface area contributed by atoms with Crippen molar-refractivity contribution in [1.82, 2.24) is 24.8 Å². The van der Waals surface area contributed by atoms with Gasteiger partial charge in [0, 0.05) is 43.7 Å². The fourth-order valence-electron chi connectivity index (χ4n) is 4.01. The molecule has 0 saturated carbocycles. The van der Waals surface area contributed by atoms with Crippen LogP contribution in [0.2, 0.25) is 0 Å². The van der Waals surface area contributed by atoms with Gasteiger partial charge in [0.2, 0.25) is 10.0 Å². The molecule has 4 heterocycles. The number of pyridine rings is 1. The molecule has 1 aromatic carbocycles. The van der Waals surface area contributed by atoms with Crippen LogP contribution in [0.5, 0.6) is 0 Å². The molecule has 0 aliphatic carbocycles. The lowest BCUT2D eigenvalue weighted by Crippen LogP contribution is -2.30. The van der Waals surface area contributed by atoms with Gasteiger partial charge in [0.15, 0.2) is 5.65 Å². The second-order valence-corrected chi connectivity index (χ2v) is 9.58. The van der Waals surface area contributed by atoms with Gasteiger partial charge in [-0.15, -0.1) is 0 Å². The maximum absolute atomic E-state index is 12.9. The maximum atomic E-state index is 12.9. The molecule has 5 rings (SSSR count). The molecule has 0 spiro atoms. The first-order chi connectivity index (χ1) is 14.5. The van der Waals surface area contributed by atoms with E-state index < -0.39 is 10.0 Å². The zero-order chi connectivity index (χ0) is 20.7. The number of benzene rings is 1. The third-order valence-corrected chi connectivity index (χ3v) is 7.58. The molecular weight excluding hydrogens is 406 g/mol. The summed E-state index contributed by atoms with van der Waals surface area (Å²) in [6.07, 6.45) is 4.03. The Morgan fingerprint density at radius 1 is 1.23 bits per heavy atom. The van der Waals surface area contributed by atoms with E-state index in [1.54, 1.807) is 36.5 Å². The molecule has 3 aromatic rings. The van der Waals surface area contributed by atoms with Crippen LogP contribution in [0.1, 0.15) is 22.3 Å². The number of fused-ring (bicyclic) bond motifs is 2. The molecule has 2 saturated heterocycles. The Balaban J connectivity index is 1.23. The molecule has 0 bridgehead atoms. The first-order valence-corrected chi connectivity index (χ1v) is 11.2. The van der Waals surface area contributed by atoms with E-state index in [4.69, 9.17) is 4.74 Å². The zero-order valence-corrected chi connectivity index (χ0v) is 16.9. The van der Waals surface area contributed by atoms with Crippen LogP contribution in [0, 0.1) is 5.92 Å². The van der Waals surface area contributed by atoms with Gasteiger partial charge in [-0.1, -0.05) is 12.1 Å². The van der Waals surface area contributed by atoms with Crippen LogP contribution in [0.15, 0.2) is 47.6 Å². The van der Waals surface area contributed by atoms with Crippen LogP contribution in [0.3, 0.4) is 0 Å². The third-order valence-electron chi connectivity index (χ3n) is 5.74. The maximum Gasteiger partial charge on any atom is 0.253 e. The van der Waals surface area contributed by atoms with Crippen LogP contribution in [0.4, 0.5) is 0 Å². The molecule has 2 aromatic heterocycles. The molecule has 2 N–H and O–H groups in total. The van der Waals surface area contributed by atoms with Crippen LogP contribution in [-0.4, -0.2) is 59.6 Å². The molecular formula is C20H21N5O4S. The Hall–Kier alpha value is -2.82. The van der Waals surface area contributed by atoms with E-state index in [9.17, 15) is 13.2 Å². The number of rotatable bonds is 5. The van der Waals surface area contributed by atoms with E-state index in [1.165, 1.54) is 10.5 Å². The highest BCUT2D eigenvalue weighted by molar-refractivity contribution is 7.89. The van der Waals surface area contributed by atoms with E-state index in [2.05, 4.69) is 20.5 Å². The number of hydrogen-bond acceptors (Lipinski definition) is 6. The summed E-state index contributed by atoms with van der Waals surface area (Å²) >= 11 is 0. The van der Waals surface area contributed by atoms with Crippen molar-refractivity contribution in [3.05, 3.63) is 53.9 Å². The van der Waals surface area contributed by atoms with Gasteiger partial charge in [0.1, 0.15) is 0 Å². The fraction of sp³-hybridized carbons (Fsp3) is 0.350. The summed E-state index contributed by atoms with van der Waals surface area (Å²) in [5.74, 6) is 0.0379. The Bertz CT molecular complexity index is 1180. The number of H-pyrrole nitrogens is 1. The molecule has 10 heteroatoms. The van der Waals surface area contributed by atoms with Gasteiger partial charge < -0.3 is 10.1 Å². The zero-order valence-electron chi connectivity index (χ0n) is 16.1. The van der Waals surface area contributed by atoms with Crippen LogP contribution in [-0.2, 0) is 21.3 Å². The standard InChI is InChI=1S/C20H21N5O4S/c26-20(16-7-15-10-23-24-19(15)21-9-16)22-8-13-1-3-17(4-2-13)30(27,28)25-11-14-5-6-29-18(14)12-25/h1-4,7,9-10,14,18H,5-6,8,11-12H2,(H,22,26)(H,21,23,24)/t14-,18+/m1/s1. The van der Waals surface area contributed by atoms with Crippen LogP contribution < -0.4 is 5.32 Å². The molecule has 0 radical (unpaired) electrons. The van der Waals surface area contributed by atoms with Crippen molar-refractivity contribution in [3.63, 3.8) is 0 Å². The van der Waals surface area contributed by atoms with E-state index >= 15 is 0 Å². The van der Waals surface area contributed by atoms with Gasteiger partial charge in [-0.2, -0.15) is 9.40 Å². The van der Waals surface area contributed by atoms with Crippen LogP contribution in [0.25, 0.3) is 11.0 Å². The number of sulfonamides is 1. The molecule has 30 heavy (non-hydrogen) atoms. The van der Waals surface area contributed by atoms with Crippen molar-refractivity contribution >= 4 is 27.0 Å². The summed E-state index contributed by atoms with van der Waals surface area (Å²) in [6, 6.07) is 8.33. The van der Waals surface area contributed by atoms with E-state index in [-0.39, 0.29) is 23.5 Å². The number of carbonyl (C=O) groups excluding carboxylic acids is 1. The molecule has 2 atom stereocenters. The van der Waals surface area contributed by atoms with Gasteiger partial charge in [0.25, 0.3) is 5.91 Å². The van der Waals surface area contributed by atoms with Crippen molar-refractivity contribution in [2.45, 2.75) is 24.0 Å². The number of hydrogen-bond donors (Lipinski definition) is 2. The first-order valence-electron chi connectivity index (χ1n) is 9.79. The molecule has 2 aliphatic rings. The van der Waals surface area contributed by atoms with Crippen molar-refractivity contribution in [3.8, 4) is 0 Å². The summed E-state index contributed by atoms with van der Waals surface area (Å²) < 4.78 is 32.9. The number of nitrogens with one attached hydrogen (secondary N) is 2. The summed E-state index contributed by atoms with van der Waals surface area (Å²) in [5.41, 5.74) is 1.86. The first kappa shape index (κ1) is 19.2. The molecule has 1 amide bonds. The quantitative estimate of drug-likeness (QED) is 0.634. The van der Waals surface area contributed by atoms with Crippen molar-refractivity contribution < 1.29 is 17.9 Å². The molecule has 2 fully saturated rings. The minimum Gasteiger partial charge on any atom is -0.376 e. The van der Waals surface area contributed by atoms with E-state index in [0.717, 1.165) is 24.0 Å². The second kappa shape index (κ2) is 7.46. The van der Waals surface area contributed by atoms with E-state index in [0.29, 0.717) is 30.2 Å². The van der Waals surface area contributed by atoms with Crippen molar-refractivity contribution in [2.24, 2.45) is 5.92 Å². The number of ether oxygens (including phenoxy) is 1. The number of aromatic amines is 1. The number of carbonyl (C=O) groups is 1. The average molecular weight is 427 g/mol. The summed E-state index contributed by atoms with van der Waals surface area (Å²) in [7, 11) is -3.54. The lowest BCUT2D eigenvalue weighted by atomic mass is 10.1. The SMILES string of the molecule is O=C(NCc1ccc(S(=O)(=O)N2C[C@H]3CCO[C@H]3C2)cc1)c1cnc2[nH]ncc2c1. The highest BCUT2D eigenvalue weighted by Gasteiger charge is 2.42. The van der Waals surface area contributed by atoms with Crippen molar-refractivity contribution in [2.75, 3.05) is 19.7 Å². The average Bonchev–Trinajstić information content (AvgIpc) is 3.47. The molecule has 9 nitrogen and oxygen atoms in total. The second-order valence-electron chi connectivity index (χ2n) is 7.64. The monoisotopic (exact) mass is 427 g/mol. The smallest absolute Gasteiger partial charge is 0.253 e. The normalized spacial score (nSPS) is 21.7. The summed E-state index contributed by atoms with van der Waals surface area (Å²) in [6.45, 7) is 1.93. The summed E-state index contributed by atoms with van der Waals surface area (Å²) in [4.78, 5) is 16.8. The number of nitrogens with zero attached hydrogens (tertiary/aromatic N) is 3. The Kier molecular flexibility index (Phi) is 4.76. The van der Waals surface area contributed by atoms with Gasteiger partial charge in [-0.25, -0.2) is 13.4 Å². The third kappa shape index (κ3) is 3.47. The lowest BCUT2D eigenvalue weighted by molar-refractivity contribution is 0.0950. The topological polar surface area (TPSA) is 117 Å². The van der Waals surface area contributed by atoms with Gasteiger partial charge in [-0.05, 0) is 30.2 Å². The molecule has 156 valence electrons. The summed E-state index contributed by atoms with van der Waals surface area (Å²) in [5, 5.41) is 10.2. The van der Waals surface area contributed by atoms with Gasteiger partial charge in [-0.3, -0.25) is 9.89 Å². The Labute approximate surface area is 173 Å². The van der Waals surface area contributed by atoms with E-state index in [1.807, 2.05) is 0 Å². The van der Waals surface area contributed by atoms with Gasteiger partial charge in [0.05, 0.1) is 22.8 Å². The number of aromatic nitrogens is 3. The lowest BCUT2D eigenvalue weighted by Gasteiger charge is -2.17. The number of amides is 1. The highest BCUT2D eigenvalue weighted by atomic mass is 32.2. The Morgan fingerprint density at radius 2 is 2.07 bits per heavy atom. The fourth-order valence-corrected chi connectivity index (χ4v) is 5.52. The van der Waals surface area contributed by atoms with Crippen LogP contribution >= 0.6 is 0 Å².